The van der Waals surface area contributed by atoms with Crippen LogP contribution in [0.3, 0.4) is 0 Å². The largest absolute Gasteiger partial charge is 0.379 e. The van der Waals surface area contributed by atoms with Crippen molar-refractivity contribution < 1.29 is 32.9 Å². The van der Waals surface area contributed by atoms with Gasteiger partial charge in [-0.3, -0.25) is 19.0 Å². The Morgan fingerprint density at radius 1 is 0.939 bits per heavy atom. The van der Waals surface area contributed by atoms with E-state index in [1.165, 1.54) is 0 Å². The van der Waals surface area contributed by atoms with Gasteiger partial charge in [-0.25, -0.2) is 4.98 Å². The third-order valence-electron chi connectivity index (χ3n) is 8.17. The highest BCUT2D eigenvalue weighted by Gasteiger charge is 2.59. The number of ether oxygens (including phenoxy) is 4. The van der Waals surface area contributed by atoms with Crippen LogP contribution in [-0.2, 0) is 47.0 Å². The smallest absolute Gasteiger partial charge is 0.241 e. The van der Waals surface area contributed by atoms with Crippen molar-refractivity contribution in [3.05, 3.63) is 53.1 Å². The molecule has 4 heterocycles. The highest BCUT2D eigenvalue weighted by atomic mass is 35.5. The Hall–Kier alpha value is -3.16. The number of halogens is 2. The molecule has 1 saturated heterocycles. The van der Waals surface area contributed by atoms with E-state index in [0.29, 0.717) is 89.6 Å². The zero-order valence-electron chi connectivity index (χ0n) is 29.7. The summed E-state index contributed by atoms with van der Waals surface area (Å²) in [6, 6.07) is 7.37. The van der Waals surface area contributed by atoms with Gasteiger partial charge in [0, 0.05) is 37.5 Å². The summed E-state index contributed by atoms with van der Waals surface area (Å²) in [4.78, 5) is 39.5. The molecule has 5 rings (SSSR count). The van der Waals surface area contributed by atoms with Crippen LogP contribution in [-0.4, -0.2) is 104 Å². The molecule has 1 aromatic carbocycles. The summed E-state index contributed by atoms with van der Waals surface area (Å²) in [5.74, 6) is 0.552. The number of imidazole rings is 1. The Balaban J connectivity index is 0.00000157. The molecule has 2 aromatic heterocycles. The molecular formula is C36H53ClFN5O6. The maximum Gasteiger partial charge on any atom is 0.241 e. The normalized spacial score (nSPS) is 14.3. The van der Waals surface area contributed by atoms with Crippen LogP contribution in [0.4, 0.5) is 10.1 Å². The number of likely N-dealkylation sites (tertiary alicyclic amines) is 1. The lowest BCUT2D eigenvalue weighted by Gasteiger charge is -2.46. The van der Waals surface area contributed by atoms with Crippen molar-refractivity contribution >= 4 is 40.1 Å². The highest BCUT2D eigenvalue weighted by molar-refractivity contribution is 6.31. The number of carbonyl (C=O) groups is 2. The van der Waals surface area contributed by atoms with Crippen LogP contribution in [0, 0.1) is 0 Å². The van der Waals surface area contributed by atoms with Crippen LogP contribution in [0.15, 0.2) is 36.7 Å². The first kappa shape index (κ1) is 40.3. The fraction of sp³-hybridized carbons (Fsp3) is 0.611. The van der Waals surface area contributed by atoms with Crippen LogP contribution in [0.2, 0.25) is 5.02 Å². The minimum absolute atomic E-state index is 0.0577. The number of unbranched alkanes of at least 4 members (excludes halogenated alkanes) is 1. The number of amides is 2. The van der Waals surface area contributed by atoms with Crippen molar-refractivity contribution in [1.82, 2.24) is 19.4 Å². The number of carbonyl (C=O) groups excluding carboxylic acids is 2. The van der Waals surface area contributed by atoms with Crippen LogP contribution in [0.1, 0.15) is 65.3 Å². The van der Waals surface area contributed by atoms with E-state index in [4.69, 9.17) is 35.5 Å². The Kier molecular flexibility index (Phi) is 17.4. The SMILES string of the molecule is CC.CC.CCOCCOCCOCCOCCC(=O)N1CC2(C1)C(=O)N(Cc1nc3cc(Cl)ccc3n1CCCCF)c1cnccc12. The van der Waals surface area contributed by atoms with Gasteiger partial charge in [-0.05, 0) is 49.6 Å². The summed E-state index contributed by atoms with van der Waals surface area (Å²) < 4.78 is 36.6. The maximum absolute atomic E-state index is 14.1. The van der Waals surface area contributed by atoms with Crippen LogP contribution in [0.5, 0.6) is 0 Å². The topological polar surface area (TPSA) is 108 Å². The summed E-state index contributed by atoms with van der Waals surface area (Å²) in [7, 11) is 0. The molecule has 0 unspecified atom stereocenters. The van der Waals surface area contributed by atoms with Gasteiger partial charge in [-0.2, -0.15) is 0 Å². The number of anilines is 1. The van der Waals surface area contributed by atoms with E-state index >= 15 is 0 Å². The van der Waals surface area contributed by atoms with Crippen molar-refractivity contribution in [3.8, 4) is 0 Å². The second-order valence-corrected chi connectivity index (χ2v) is 11.5. The number of benzene rings is 1. The van der Waals surface area contributed by atoms with E-state index in [-0.39, 0.29) is 38.1 Å². The summed E-state index contributed by atoms with van der Waals surface area (Å²) in [5.41, 5.74) is 2.38. The fourth-order valence-corrected chi connectivity index (χ4v) is 6.05. The van der Waals surface area contributed by atoms with Crippen molar-refractivity contribution in [2.24, 2.45) is 0 Å². The highest BCUT2D eigenvalue weighted by Crippen LogP contribution is 2.47. The van der Waals surface area contributed by atoms with E-state index in [9.17, 15) is 14.0 Å². The molecular weight excluding hydrogens is 653 g/mol. The summed E-state index contributed by atoms with van der Waals surface area (Å²) in [5, 5.41) is 0.570. The predicted octanol–water partition coefficient (Wildman–Crippen LogP) is 5.99. The number of nitrogens with zero attached hydrogens (tertiary/aromatic N) is 5. The number of rotatable bonds is 19. The van der Waals surface area contributed by atoms with Gasteiger partial charge in [-0.1, -0.05) is 39.3 Å². The van der Waals surface area contributed by atoms with Crippen LogP contribution in [0.25, 0.3) is 11.0 Å². The summed E-state index contributed by atoms with van der Waals surface area (Å²) >= 11 is 6.23. The van der Waals surface area contributed by atoms with E-state index in [0.717, 1.165) is 22.3 Å². The molecule has 0 saturated carbocycles. The Morgan fingerprint density at radius 3 is 2.24 bits per heavy atom. The van der Waals surface area contributed by atoms with Gasteiger partial charge >= 0.3 is 0 Å². The number of alkyl halides is 1. The third-order valence-corrected chi connectivity index (χ3v) is 8.40. The van der Waals surface area contributed by atoms with Gasteiger partial charge in [0.1, 0.15) is 11.2 Å². The third kappa shape index (κ3) is 10.2. The average Bonchev–Trinajstić information content (AvgIpc) is 3.57. The molecule has 13 heteroatoms. The Labute approximate surface area is 295 Å². The zero-order chi connectivity index (χ0) is 35.6. The van der Waals surface area contributed by atoms with E-state index in [2.05, 4.69) is 4.98 Å². The minimum atomic E-state index is -0.818. The maximum atomic E-state index is 14.1. The fourth-order valence-electron chi connectivity index (χ4n) is 5.88. The second-order valence-electron chi connectivity index (χ2n) is 11.1. The molecule has 2 aliphatic heterocycles. The van der Waals surface area contributed by atoms with Crippen LogP contribution >= 0.6 is 11.6 Å². The lowest BCUT2D eigenvalue weighted by molar-refractivity contribution is -0.145. The first-order valence-corrected chi connectivity index (χ1v) is 17.9. The standard InChI is InChI=1S/C32H41ClFN5O6.2C2H6/c1-2-42-13-14-44-17-18-45-16-15-43-12-8-30(40)37-22-32(23-37)25-7-10-35-20-28(25)39(31(32)41)21-29-36-26-19-24(33)5-6-27(26)38(29)11-4-3-9-34;2*1-2/h5-7,10,19-20H,2-4,8-9,11-18,21-23H2,1H3;2*1-2H3. The van der Waals surface area contributed by atoms with Crippen LogP contribution < -0.4 is 4.90 Å². The van der Waals surface area contributed by atoms with E-state index < -0.39 is 5.41 Å². The molecule has 2 aliphatic rings. The zero-order valence-corrected chi connectivity index (χ0v) is 30.5. The molecule has 11 nitrogen and oxygen atoms in total. The van der Waals surface area contributed by atoms with Gasteiger partial charge in [0.15, 0.2) is 0 Å². The summed E-state index contributed by atoms with van der Waals surface area (Å²) in [6.45, 7) is 14.8. The molecule has 3 aromatic rings. The number of aryl methyl sites for hydroxylation is 1. The van der Waals surface area contributed by atoms with E-state index in [1.54, 1.807) is 34.3 Å². The molecule has 272 valence electrons. The molecule has 2 amide bonds. The van der Waals surface area contributed by atoms with E-state index in [1.807, 2.05) is 51.3 Å². The Bertz CT molecular complexity index is 1450. The van der Waals surface area contributed by atoms with Gasteiger partial charge in [0.05, 0.1) is 88.8 Å². The number of hydrogen-bond donors (Lipinski definition) is 0. The van der Waals surface area contributed by atoms with Crippen molar-refractivity contribution in [3.63, 3.8) is 0 Å². The molecule has 49 heavy (non-hydrogen) atoms. The van der Waals surface area contributed by atoms with Gasteiger partial charge in [0.25, 0.3) is 0 Å². The first-order valence-electron chi connectivity index (χ1n) is 17.5. The number of hydrogen-bond acceptors (Lipinski definition) is 8. The predicted molar refractivity (Wildman–Crippen MR) is 190 cm³/mol. The van der Waals surface area contributed by atoms with Gasteiger partial charge in [0.2, 0.25) is 11.8 Å². The average molecular weight is 706 g/mol. The molecule has 1 spiro atoms. The lowest BCUT2D eigenvalue weighted by atomic mass is 9.74. The molecule has 0 atom stereocenters. The minimum Gasteiger partial charge on any atom is -0.379 e. The number of pyridine rings is 1. The monoisotopic (exact) mass is 705 g/mol. The lowest BCUT2D eigenvalue weighted by Crippen LogP contribution is -2.65. The Morgan fingerprint density at radius 2 is 1.59 bits per heavy atom. The first-order chi connectivity index (χ1) is 24.0. The molecule has 0 aliphatic carbocycles. The second kappa shape index (κ2) is 21.1. The quantitative estimate of drug-likeness (QED) is 0.140. The van der Waals surface area contributed by atoms with Crippen molar-refractivity contribution in [2.75, 3.05) is 77.5 Å². The molecule has 0 radical (unpaired) electrons. The summed E-state index contributed by atoms with van der Waals surface area (Å²) in [6.07, 6.45) is 4.69. The number of fused-ring (bicyclic) bond motifs is 3. The van der Waals surface area contributed by atoms with Gasteiger partial charge in [-0.15, -0.1) is 0 Å². The van der Waals surface area contributed by atoms with Gasteiger partial charge < -0.3 is 33.3 Å². The van der Waals surface area contributed by atoms with Crippen molar-refractivity contribution in [2.45, 2.75) is 72.4 Å². The molecule has 1 fully saturated rings. The molecule has 0 bridgehead atoms. The van der Waals surface area contributed by atoms with Crippen molar-refractivity contribution in [1.29, 1.82) is 0 Å². The number of aromatic nitrogens is 3. The molecule has 0 N–H and O–H groups in total.